The first-order valence-electron chi connectivity index (χ1n) is 5.86. The SMILES string of the molecule is Cc1cc(Oc2nc(NN)nc(C)c2[N+](=O)[O-])ccc1Br. The van der Waals surface area contributed by atoms with Crippen molar-refractivity contribution >= 4 is 27.6 Å². The van der Waals surface area contributed by atoms with E-state index in [1.165, 1.54) is 6.92 Å². The molecular formula is C12H12BrN5O3. The number of ether oxygens (including phenoxy) is 1. The molecule has 0 saturated heterocycles. The van der Waals surface area contributed by atoms with Crippen LogP contribution in [0.3, 0.4) is 0 Å². The van der Waals surface area contributed by atoms with Gasteiger partial charge in [0.25, 0.3) is 0 Å². The van der Waals surface area contributed by atoms with Gasteiger partial charge in [0.1, 0.15) is 11.4 Å². The van der Waals surface area contributed by atoms with Crippen molar-refractivity contribution in [1.82, 2.24) is 9.97 Å². The monoisotopic (exact) mass is 353 g/mol. The van der Waals surface area contributed by atoms with Gasteiger partial charge in [0, 0.05) is 4.47 Å². The molecule has 2 rings (SSSR count). The molecule has 0 unspecified atom stereocenters. The minimum absolute atomic E-state index is 0.0435. The Morgan fingerprint density at radius 1 is 1.38 bits per heavy atom. The van der Waals surface area contributed by atoms with Gasteiger partial charge in [0.05, 0.1) is 4.92 Å². The molecule has 0 aliphatic carbocycles. The first-order valence-corrected chi connectivity index (χ1v) is 6.65. The van der Waals surface area contributed by atoms with E-state index in [1.54, 1.807) is 18.2 Å². The van der Waals surface area contributed by atoms with Gasteiger partial charge in [-0.15, -0.1) is 0 Å². The van der Waals surface area contributed by atoms with Crippen LogP contribution >= 0.6 is 15.9 Å². The van der Waals surface area contributed by atoms with Crippen molar-refractivity contribution in [3.63, 3.8) is 0 Å². The molecule has 2 aromatic rings. The van der Waals surface area contributed by atoms with E-state index < -0.39 is 4.92 Å². The zero-order chi connectivity index (χ0) is 15.6. The van der Waals surface area contributed by atoms with Gasteiger partial charge in [-0.2, -0.15) is 4.98 Å². The molecule has 0 aliphatic rings. The lowest BCUT2D eigenvalue weighted by molar-refractivity contribution is -0.386. The smallest absolute Gasteiger partial charge is 0.352 e. The lowest BCUT2D eigenvalue weighted by Gasteiger charge is -2.09. The third-order valence-corrected chi connectivity index (χ3v) is 3.57. The van der Waals surface area contributed by atoms with Crippen molar-refractivity contribution in [3.05, 3.63) is 44.0 Å². The summed E-state index contributed by atoms with van der Waals surface area (Å²) in [6, 6.07) is 5.20. The topological polar surface area (TPSA) is 116 Å². The second kappa shape index (κ2) is 6.02. The van der Waals surface area contributed by atoms with Gasteiger partial charge in [-0.1, -0.05) is 15.9 Å². The van der Waals surface area contributed by atoms with Crippen molar-refractivity contribution in [1.29, 1.82) is 0 Å². The van der Waals surface area contributed by atoms with E-state index in [-0.39, 0.29) is 23.2 Å². The average molecular weight is 354 g/mol. The Labute approximate surface area is 128 Å². The molecule has 8 nitrogen and oxygen atoms in total. The van der Waals surface area contributed by atoms with E-state index in [4.69, 9.17) is 10.6 Å². The Hall–Kier alpha value is -2.26. The van der Waals surface area contributed by atoms with Gasteiger partial charge in [0.15, 0.2) is 0 Å². The van der Waals surface area contributed by atoms with Crippen molar-refractivity contribution in [3.8, 4) is 11.6 Å². The predicted octanol–water partition coefficient (Wildman–Crippen LogP) is 2.84. The highest BCUT2D eigenvalue weighted by molar-refractivity contribution is 9.10. The van der Waals surface area contributed by atoms with Crippen molar-refractivity contribution in [2.45, 2.75) is 13.8 Å². The van der Waals surface area contributed by atoms with E-state index in [9.17, 15) is 10.1 Å². The highest BCUT2D eigenvalue weighted by atomic mass is 79.9. The lowest BCUT2D eigenvalue weighted by Crippen LogP contribution is -2.12. The number of rotatable bonds is 4. The van der Waals surface area contributed by atoms with Crippen LogP contribution in [0.1, 0.15) is 11.3 Å². The number of benzene rings is 1. The second-order valence-electron chi connectivity index (χ2n) is 4.20. The molecule has 1 aromatic heterocycles. The van der Waals surface area contributed by atoms with Crippen LogP contribution in [0.15, 0.2) is 22.7 Å². The first-order chi connectivity index (χ1) is 9.92. The zero-order valence-corrected chi connectivity index (χ0v) is 12.8. The molecule has 0 spiro atoms. The molecule has 0 saturated carbocycles. The zero-order valence-electron chi connectivity index (χ0n) is 11.3. The van der Waals surface area contributed by atoms with Gasteiger partial charge < -0.3 is 4.74 Å². The fourth-order valence-corrected chi connectivity index (χ4v) is 1.93. The average Bonchev–Trinajstić information content (AvgIpc) is 2.41. The highest BCUT2D eigenvalue weighted by Gasteiger charge is 2.24. The Bertz CT molecular complexity index is 708. The molecule has 0 amide bonds. The number of nitrogens with zero attached hydrogens (tertiary/aromatic N) is 3. The maximum atomic E-state index is 11.1. The number of aryl methyl sites for hydroxylation is 2. The Kier molecular flexibility index (Phi) is 4.34. The van der Waals surface area contributed by atoms with Gasteiger partial charge in [0.2, 0.25) is 5.95 Å². The number of aromatic nitrogens is 2. The summed E-state index contributed by atoms with van der Waals surface area (Å²) in [7, 11) is 0. The van der Waals surface area contributed by atoms with Crippen molar-refractivity contribution in [2.24, 2.45) is 5.84 Å². The number of nitro groups is 1. The van der Waals surface area contributed by atoms with Crippen LogP contribution in [-0.2, 0) is 0 Å². The van der Waals surface area contributed by atoms with E-state index >= 15 is 0 Å². The van der Waals surface area contributed by atoms with Crippen LogP contribution in [0.5, 0.6) is 11.6 Å². The van der Waals surface area contributed by atoms with E-state index in [0.29, 0.717) is 5.75 Å². The number of hydrogen-bond donors (Lipinski definition) is 2. The minimum Gasteiger partial charge on any atom is -0.434 e. The van der Waals surface area contributed by atoms with Gasteiger partial charge in [-0.3, -0.25) is 15.5 Å². The molecule has 0 radical (unpaired) electrons. The van der Waals surface area contributed by atoms with Gasteiger partial charge in [-0.25, -0.2) is 10.8 Å². The van der Waals surface area contributed by atoms with Crippen molar-refractivity contribution in [2.75, 3.05) is 5.43 Å². The molecule has 1 aromatic carbocycles. The van der Waals surface area contributed by atoms with Gasteiger partial charge in [-0.05, 0) is 37.6 Å². The number of halogens is 1. The van der Waals surface area contributed by atoms with Crippen LogP contribution in [0.25, 0.3) is 0 Å². The maximum Gasteiger partial charge on any atom is 0.352 e. The minimum atomic E-state index is -0.587. The summed E-state index contributed by atoms with van der Waals surface area (Å²) in [5.74, 6) is 5.55. The normalized spacial score (nSPS) is 10.3. The molecule has 0 bridgehead atoms. The summed E-state index contributed by atoms with van der Waals surface area (Å²) in [6.07, 6.45) is 0. The summed E-state index contributed by atoms with van der Waals surface area (Å²) in [5, 5.41) is 11.1. The second-order valence-corrected chi connectivity index (χ2v) is 5.06. The fourth-order valence-electron chi connectivity index (χ4n) is 1.68. The molecule has 1 heterocycles. The number of hydrazine groups is 1. The van der Waals surface area contributed by atoms with Crippen LogP contribution in [-0.4, -0.2) is 14.9 Å². The molecule has 21 heavy (non-hydrogen) atoms. The molecule has 0 fully saturated rings. The quantitative estimate of drug-likeness (QED) is 0.493. The summed E-state index contributed by atoms with van der Waals surface area (Å²) < 4.78 is 6.43. The third-order valence-electron chi connectivity index (χ3n) is 2.68. The van der Waals surface area contributed by atoms with E-state index in [1.807, 2.05) is 6.92 Å². The van der Waals surface area contributed by atoms with Crippen molar-refractivity contribution < 1.29 is 9.66 Å². The molecule has 0 atom stereocenters. The third kappa shape index (κ3) is 3.26. The summed E-state index contributed by atoms with van der Waals surface area (Å²) >= 11 is 3.37. The van der Waals surface area contributed by atoms with Crippen LogP contribution in [0.2, 0.25) is 0 Å². The number of nitrogens with one attached hydrogen (secondary N) is 1. The van der Waals surface area contributed by atoms with Crippen LogP contribution in [0.4, 0.5) is 11.6 Å². The van der Waals surface area contributed by atoms with Crippen LogP contribution in [0, 0.1) is 24.0 Å². The molecule has 9 heteroatoms. The Balaban J connectivity index is 2.48. The number of hydrogen-bond acceptors (Lipinski definition) is 7. The summed E-state index contributed by atoms with van der Waals surface area (Å²) in [6.45, 7) is 3.36. The van der Waals surface area contributed by atoms with E-state index in [2.05, 4.69) is 31.3 Å². The number of nitrogens with two attached hydrogens (primary N) is 1. The lowest BCUT2D eigenvalue weighted by atomic mass is 10.2. The molecular weight excluding hydrogens is 342 g/mol. The van der Waals surface area contributed by atoms with E-state index in [0.717, 1.165) is 10.0 Å². The van der Waals surface area contributed by atoms with Crippen LogP contribution < -0.4 is 16.0 Å². The standard InChI is InChI=1S/C12H12BrN5O3/c1-6-5-8(3-4-9(6)13)21-11-10(18(19)20)7(2)15-12(16-11)17-14/h3-5H,14H2,1-2H3,(H,15,16,17). The molecule has 3 N–H and O–H groups in total. The Morgan fingerprint density at radius 2 is 2.10 bits per heavy atom. The number of anilines is 1. The predicted molar refractivity (Wildman–Crippen MR) is 80.2 cm³/mol. The summed E-state index contributed by atoms with van der Waals surface area (Å²) in [5.41, 5.74) is 3.04. The molecule has 110 valence electrons. The fraction of sp³-hybridized carbons (Fsp3) is 0.167. The van der Waals surface area contributed by atoms with Gasteiger partial charge >= 0.3 is 11.6 Å². The first kappa shape index (κ1) is 15.1. The number of nitrogen functional groups attached to an aromatic ring is 1. The largest absolute Gasteiger partial charge is 0.434 e. The summed E-state index contributed by atoms with van der Waals surface area (Å²) in [4.78, 5) is 18.3. The molecule has 0 aliphatic heterocycles. The highest BCUT2D eigenvalue weighted by Crippen LogP contribution is 2.33. The Morgan fingerprint density at radius 3 is 2.67 bits per heavy atom. The maximum absolute atomic E-state index is 11.1.